The minimum Gasteiger partial charge on any atom is -0.405 e. The molecule has 2 N–H and O–H groups in total. The average molecular weight is 356 g/mol. The van der Waals surface area contributed by atoms with Gasteiger partial charge >= 0.3 is 0 Å². The molecule has 1 unspecified atom stereocenters. The highest BCUT2D eigenvalue weighted by molar-refractivity contribution is 5.32. The first-order valence-corrected chi connectivity index (χ1v) is 10.5. The number of rotatable bonds is 6. The van der Waals surface area contributed by atoms with Gasteiger partial charge in [0.2, 0.25) is 0 Å². The van der Waals surface area contributed by atoms with E-state index in [2.05, 4.69) is 50.3 Å². The van der Waals surface area contributed by atoms with Crippen LogP contribution in [-0.4, -0.2) is 0 Å². The van der Waals surface area contributed by atoms with Gasteiger partial charge in [-0.2, -0.15) is 0 Å². The van der Waals surface area contributed by atoms with Crippen molar-refractivity contribution in [2.24, 2.45) is 11.7 Å². The summed E-state index contributed by atoms with van der Waals surface area (Å²) in [5.74, 6) is 1.31. The van der Waals surface area contributed by atoms with Crippen LogP contribution >= 0.6 is 0 Å². The lowest BCUT2D eigenvalue weighted by Crippen LogP contribution is -2.04. The third kappa shape index (κ3) is 9.65. The summed E-state index contributed by atoms with van der Waals surface area (Å²) in [6.07, 6.45) is 16.2. The summed E-state index contributed by atoms with van der Waals surface area (Å²) in [7, 11) is 0. The van der Waals surface area contributed by atoms with Crippen LogP contribution < -0.4 is 5.73 Å². The van der Waals surface area contributed by atoms with Gasteiger partial charge in [0.05, 0.1) is 0 Å². The molecule has 0 heterocycles. The molecule has 0 aromatic heterocycles. The Morgan fingerprint density at radius 1 is 1.12 bits per heavy atom. The highest BCUT2D eigenvalue weighted by Crippen LogP contribution is 2.33. The standard InChI is InChI=1S/C21H29N.2C2H6/c1-17(2)14-19-10-7-12-21(16-19)20-11-6-9-18(15-20)8-4-3-5-13-22;2*1-2/h3-5,7,10,12-13,15-17,20H,6,8-9,11,14,22H2,1-2H3;2*1-2H3/b4-3-,13-5-;;. The summed E-state index contributed by atoms with van der Waals surface area (Å²) >= 11 is 0. The number of hydrogen-bond donors (Lipinski definition) is 1. The van der Waals surface area contributed by atoms with Crippen molar-refractivity contribution in [3.8, 4) is 0 Å². The van der Waals surface area contributed by atoms with E-state index in [1.54, 1.807) is 11.8 Å². The highest BCUT2D eigenvalue weighted by atomic mass is 14.5. The molecule has 0 saturated heterocycles. The molecule has 1 nitrogen and oxygen atoms in total. The summed E-state index contributed by atoms with van der Waals surface area (Å²) in [6.45, 7) is 12.6. The molecule has 0 amide bonds. The molecule has 0 bridgehead atoms. The molecule has 0 aliphatic heterocycles. The molecule has 1 aromatic carbocycles. The summed E-state index contributed by atoms with van der Waals surface area (Å²) in [4.78, 5) is 0. The van der Waals surface area contributed by atoms with Crippen molar-refractivity contribution in [1.29, 1.82) is 0 Å². The van der Waals surface area contributed by atoms with Gasteiger partial charge in [-0.3, -0.25) is 0 Å². The van der Waals surface area contributed by atoms with E-state index in [9.17, 15) is 0 Å². The van der Waals surface area contributed by atoms with Crippen molar-refractivity contribution >= 4 is 0 Å². The maximum atomic E-state index is 5.35. The fraction of sp³-hybridized carbons (Fsp3) is 0.520. The predicted octanol–water partition coefficient (Wildman–Crippen LogP) is 7.55. The van der Waals surface area contributed by atoms with Gasteiger partial charge in [0, 0.05) is 5.92 Å². The van der Waals surface area contributed by atoms with Crippen molar-refractivity contribution in [2.75, 3.05) is 0 Å². The van der Waals surface area contributed by atoms with Crippen LogP contribution in [-0.2, 0) is 6.42 Å². The van der Waals surface area contributed by atoms with E-state index in [0.29, 0.717) is 11.8 Å². The van der Waals surface area contributed by atoms with Crippen molar-refractivity contribution in [3.63, 3.8) is 0 Å². The normalized spacial score (nSPS) is 16.7. The molecule has 1 heteroatoms. The fourth-order valence-corrected chi connectivity index (χ4v) is 3.22. The summed E-state index contributed by atoms with van der Waals surface area (Å²) in [6, 6.07) is 9.19. The summed E-state index contributed by atoms with van der Waals surface area (Å²) in [5.41, 5.74) is 9.87. The molecule has 2 rings (SSSR count). The van der Waals surface area contributed by atoms with Gasteiger partial charge in [-0.25, -0.2) is 0 Å². The Morgan fingerprint density at radius 3 is 2.50 bits per heavy atom. The Hall–Kier alpha value is -1.76. The van der Waals surface area contributed by atoms with E-state index in [1.807, 2.05) is 39.8 Å². The Labute approximate surface area is 163 Å². The van der Waals surface area contributed by atoms with E-state index in [1.165, 1.54) is 36.8 Å². The third-order valence-electron chi connectivity index (χ3n) is 4.21. The van der Waals surface area contributed by atoms with Crippen LogP contribution in [0.3, 0.4) is 0 Å². The number of nitrogens with two attached hydrogens (primary N) is 1. The Bertz CT molecular complexity index is 549. The van der Waals surface area contributed by atoms with Crippen LogP contribution in [0.2, 0.25) is 0 Å². The zero-order valence-electron chi connectivity index (χ0n) is 18.0. The Kier molecular flexibility index (Phi) is 14.4. The van der Waals surface area contributed by atoms with E-state index >= 15 is 0 Å². The maximum absolute atomic E-state index is 5.35. The second-order valence-electron chi connectivity index (χ2n) is 6.68. The molecule has 0 radical (unpaired) electrons. The lowest BCUT2D eigenvalue weighted by atomic mass is 9.84. The molecule has 0 fully saturated rings. The minimum absolute atomic E-state index is 0.592. The van der Waals surface area contributed by atoms with E-state index in [4.69, 9.17) is 5.73 Å². The van der Waals surface area contributed by atoms with Gasteiger partial charge in [-0.15, -0.1) is 0 Å². The van der Waals surface area contributed by atoms with E-state index in [0.717, 1.165) is 6.42 Å². The number of allylic oxidation sites excluding steroid dienone is 5. The number of hydrogen-bond acceptors (Lipinski definition) is 1. The molecular weight excluding hydrogens is 314 g/mol. The number of benzene rings is 1. The van der Waals surface area contributed by atoms with Crippen LogP contribution in [0.5, 0.6) is 0 Å². The zero-order valence-corrected chi connectivity index (χ0v) is 18.0. The van der Waals surface area contributed by atoms with Gasteiger partial charge in [0.25, 0.3) is 0 Å². The van der Waals surface area contributed by atoms with Crippen LogP contribution in [0, 0.1) is 5.92 Å². The Morgan fingerprint density at radius 2 is 1.85 bits per heavy atom. The van der Waals surface area contributed by atoms with Gasteiger partial charge in [-0.1, -0.05) is 89.6 Å². The lowest BCUT2D eigenvalue weighted by Gasteiger charge is -2.22. The molecule has 0 saturated carbocycles. The molecule has 146 valence electrons. The quantitative estimate of drug-likeness (QED) is 0.413. The van der Waals surface area contributed by atoms with Gasteiger partial charge in [-0.05, 0) is 61.4 Å². The van der Waals surface area contributed by atoms with Gasteiger partial charge < -0.3 is 5.73 Å². The topological polar surface area (TPSA) is 26.0 Å². The lowest BCUT2D eigenvalue weighted by molar-refractivity contribution is 0.621. The predicted molar refractivity (Wildman–Crippen MR) is 119 cm³/mol. The second-order valence-corrected chi connectivity index (χ2v) is 6.68. The fourth-order valence-electron chi connectivity index (χ4n) is 3.22. The second kappa shape index (κ2) is 15.5. The van der Waals surface area contributed by atoms with Gasteiger partial charge in [0.1, 0.15) is 0 Å². The minimum atomic E-state index is 0.592. The van der Waals surface area contributed by atoms with Crippen LogP contribution in [0.1, 0.15) is 84.3 Å². The van der Waals surface area contributed by atoms with Crippen LogP contribution in [0.4, 0.5) is 0 Å². The third-order valence-corrected chi connectivity index (χ3v) is 4.21. The molecule has 1 aromatic rings. The molecule has 26 heavy (non-hydrogen) atoms. The zero-order chi connectivity index (χ0) is 19.8. The first-order chi connectivity index (χ1) is 12.7. The molecule has 1 aliphatic rings. The maximum Gasteiger partial charge on any atom is 0.00209 e. The van der Waals surface area contributed by atoms with Crippen LogP contribution in [0.25, 0.3) is 0 Å². The molecule has 1 aliphatic carbocycles. The van der Waals surface area contributed by atoms with E-state index in [-0.39, 0.29) is 0 Å². The van der Waals surface area contributed by atoms with Gasteiger partial charge in [0.15, 0.2) is 0 Å². The van der Waals surface area contributed by atoms with Crippen molar-refractivity contribution in [3.05, 3.63) is 71.5 Å². The van der Waals surface area contributed by atoms with Crippen molar-refractivity contribution in [2.45, 2.75) is 79.6 Å². The highest BCUT2D eigenvalue weighted by Gasteiger charge is 2.15. The monoisotopic (exact) mass is 355 g/mol. The van der Waals surface area contributed by atoms with E-state index < -0.39 is 0 Å². The average Bonchev–Trinajstić information content (AvgIpc) is 2.68. The smallest absolute Gasteiger partial charge is 0.00209 e. The van der Waals surface area contributed by atoms with Crippen molar-refractivity contribution < 1.29 is 0 Å². The Balaban J connectivity index is 0.00000146. The largest absolute Gasteiger partial charge is 0.405 e. The first kappa shape index (κ1) is 24.2. The van der Waals surface area contributed by atoms with Crippen LogP contribution in [0.15, 0.2) is 60.3 Å². The molecule has 1 atom stereocenters. The first-order valence-electron chi connectivity index (χ1n) is 10.5. The summed E-state index contributed by atoms with van der Waals surface area (Å²) < 4.78 is 0. The van der Waals surface area contributed by atoms with Crippen molar-refractivity contribution in [1.82, 2.24) is 0 Å². The molecule has 0 spiro atoms. The summed E-state index contributed by atoms with van der Waals surface area (Å²) in [5, 5.41) is 0. The SMILES string of the molecule is CC.CC.CC(C)Cc1cccc(C2C=C(C/C=C\C=C/N)CCC2)c1. The molecular formula is C25H41N.